The van der Waals surface area contributed by atoms with E-state index in [0.29, 0.717) is 0 Å². The smallest absolute Gasteiger partial charge is 0.317 e. The Morgan fingerprint density at radius 1 is 1.88 bits per heavy atom. The van der Waals surface area contributed by atoms with Crippen LogP contribution in [0, 0.1) is 0 Å². The van der Waals surface area contributed by atoms with Gasteiger partial charge < -0.3 is 5.11 Å². The van der Waals surface area contributed by atoms with Gasteiger partial charge in [-0.05, 0) is 6.42 Å². The molecule has 0 saturated carbocycles. The third-order valence-electron chi connectivity index (χ3n) is 0.631. The van der Waals surface area contributed by atoms with E-state index in [1.807, 2.05) is 0 Å². The summed E-state index contributed by atoms with van der Waals surface area (Å²) in [6, 6.07) is 0. The molecule has 0 rings (SSSR count). The van der Waals surface area contributed by atoms with Crippen molar-refractivity contribution in [3.8, 4) is 0 Å². The lowest BCUT2D eigenvalue weighted by Gasteiger charge is -1.96. The van der Waals surface area contributed by atoms with Crippen molar-refractivity contribution in [1.82, 2.24) is 0 Å². The Bertz CT molecular complexity index is 86.1. The largest absolute Gasteiger partial charge is 0.480 e. The van der Waals surface area contributed by atoms with Crippen LogP contribution in [0.1, 0.15) is 6.42 Å². The molecule has 0 amide bonds. The lowest BCUT2D eigenvalue weighted by Crippen LogP contribution is -2.12. The fourth-order valence-corrected chi connectivity index (χ4v) is 0.392. The zero-order valence-electron chi connectivity index (χ0n) is 4.10. The highest BCUT2D eigenvalue weighted by Crippen LogP contribution is 2.04. The molecule has 0 aromatic rings. The molecule has 0 aliphatic heterocycles. The van der Waals surface area contributed by atoms with E-state index < -0.39 is 17.5 Å². The van der Waals surface area contributed by atoms with Crippen LogP contribution in [0.4, 0.5) is 4.39 Å². The average Bonchev–Trinajstić information content (AvgIpc) is 1.67. The summed E-state index contributed by atoms with van der Waals surface area (Å²) in [4.78, 5) is 9.15. The SMILES string of the molecule is O=C(O)C(Br)CCF. The molecule has 4 heteroatoms. The summed E-state index contributed by atoms with van der Waals surface area (Å²) in [5.41, 5.74) is 0. The standard InChI is InChI=1S/C4H6BrFO2/c5-3(1-2-6)4(7)8/h3H,1-2H2,(H,7,8). The van der Waals surface area contributed by atoms with E-state index in [-0.39, 0.29) is 6.42 Å². The van der Waals surface area contributed by atoms with Crippen LogP contribution < -0.4 is 0 Å². The summed E-state index contributed by atoms with van der Waals surface area (Å²) in [7, 11) is 0. The van der Waals surface area contributed by atoms with Crippen molar-refractivity contribution in [2.24, 2.45) is 0 Å². The predicted octanol–water partition coefficient (Wildman–Crippen LogP) is 1.19. The molecule has 0 aromatic carbocycles. The minimum atomic E-state index is -1.01. The molecule has 1 atom stereocenters. The van der Waals surface area contributed by atoms with Gasteiger partial charge in [0.2, 0.25) is 0 Å². The van der Waals surface area contributed by atoms with Crippen molar-refractivity contribution < 1.29 is 14.3 Å². The number of hydrogen-bond donors (Lipinski definition) is 1. The number of aliphatic carboxylic acids is 1. The van der Waals surface area contributed by atoms with Crippen LogP contribution in [-0.4, -0.2) is 22.6 Å². The van der Waals surface area contributed by atoms with Gasteiger partial charge in [0.05, 0.1) is 6.67 Å². The minimum absolute atomic E-state index is 0.0370. The topological polar surface area (TPSA) is 37.3 Å². The number of carboxylic acids is 1. The van der Waals surface area contributed by atoms with E-state index in [2.05, 4.69) is 15.9 Å². The zero-order chi connectivity index (χ0) is 6.57. The van der Waals surface area contributed by atoms with Crippen LogP contribution in [0.5, 0.6) is 0 Å². The van der Waals surface area contributed by atoms with Gasteiger partial charge in [-0.2, -0.15) is 0 Å². The third kappa shape index (κ3) is 2.96. The molecule has 0 aliphatic rings. The molecule has 2 nitrogen and oxygen atoms in total. The summed E-state index contributed by atoms with van der Waals surface area (Å²) in [6.07, 6.45) is 0.0370. The molecule has 0 aliphatic carbocycles. The second kappa shape index (κ2) is 3.83. The fraction of sp³-hybridized carbons (Fsp3) is 0.750. The van der Waals surface area contributed by atoms with Crippen LogP contribution in [0.15, 0.2) is 0 Å². The molecule has 1 unspecified atom stereocenters. The zero-order valence-corrected chi connectivity index (χ0v) is 5.69. The molecule has 0 heterocycles. The second-order valence-corrected chi connectivity index (χ2v) is 2.39. The number of alkyl halides is 2. The number of halogens is 2. The normalized spacial score (nSPS) is 13.2. The predicted molar refractivity (Wildman–Crippen MR) is 30.9 cm³/mol. The van der Waals surface area contributed by atoms with E-state index in [4.69, 9.17) is 5.11 Å². The number of carbonyl (C=O) groups is 1. The second-order valence-electron chi connectivity index (χ2n) is 1.28. The Labute approximate surface area is 54.8 Å². The molecular weight excluding hydrogens is 179 g/mol. The van der Waals surface area contributed by atoms with Crippen molar-refractivity contribution in [2.45, 2.75) is 11.2 Å². The van der Waals surface area contributed by atoms with E-state index >= 15 is 0 Å². The Balaban J connectivity index is 3.32. The van der Waals surface area contributed by atoms with Gasteiger partial charge in [0.25, 0.3) is 0 Å². The molecule has 0 spiro atoms. The number of rotatable bonds is 3. The lowest BCUT2D eigenvalue weighted by atomic mass is 10.3. The summed E-state index contributed by atoms with van der Waals surface area (Å²) < 4.78 is 11.3. The average molecular weight is 185 g/mol. The van der Waals surface area contributed by atoms with E-state index in [0.717, 1.165) is 0 Å². The van der Waals surface area contributed by atoms with Crippen LogP contribution >= 0.6 is 15.9 Å². The molecular formula is C4H6BrFO2. The maximum atomic E-state index is 11.3. The summed E-state index contributed by atoms with van der Waals surface area (Å²) in [6.45, 7) is -0.595. The van der Waals surface area contributed by atoms with Crippen molar-refractivity contribution in [1.29, 1.82) is 0 Å². The van der Waals surface area contributed by atoms with Crippen molar-refractivity contribution in [3.05, 3.63) is 0 Å². The molecule has 0 fully saturated rings. The third-order valence-corrected chi connectivity index (χ3v) is 1.48. The summed E-state index contributed by atoms with van der Waals surface area (Å²) in [5.74, 6) is -1.01. The molecule has 8 heavy (non-hydrogen) atoms. The van der Waals surface area contributed by atoms with Crippen molar-refractivity contribution in [2.75, 3.05) is 6.67 Å². The van der Waals surface area contributed by atoms with Crippen LogP contribution in [0.3, 0.4) is 0 Å². The Hall–Kier alpha value is -0.120. The first kappa shape index (κ1) is 7.88. The van der Waals surface area contributed by atoms with Gasteiger partial charge >= 0.3 is 5.97 Å². The Morgan fingerprint density at radius 2 is 2.38 bits per heavy atom. The molecule has 48 valence electrons. The Morgan fingerprint density at radius 3 is 2.50 bits per heavy atom. The first-order valence-electron chi connectivity index (χ1n) is 2.11. The highest BCUT2D eigenvalue weighted by atomic mass is 79.9. The van der Waals surface area contributed by atoms with Gasteiger partial charge in [-0.25, -0.2) is 0 Å². The Kier molecular flexibility index (Phi) is 3.77. The molecule has 0 saturated heterocycles. The van der Waals surface area contributed by atoms with E-state index in [1.54, 1.807) is 0 Å². The number of carboxylic acid groups (broad SMARTS) is 1. The van der Waals surface area contributed by atoms with Gasteiger partial charge in [0.15, 0.2) is 0 Å². The lowest BCUT2D eigenvalue weighted by molar-refractivity contribution is -0.136. The first-order chi connectivity index (χ1) is 3.68. The molecule has 1 N–H and O–H groups in total. The molecule has 0 radical (unpaired) electrons. The van der Waals surface area contributed by atoms with Gasteiger partial charge in [-0.3, -0.25) is 9.18 Å². The van der Waals surface area contributed by atoms with Crippen LogP contribution in [-0.2, 0) is 4.79 Å². The quantitative estimate of drug-likeness (QED) is 0.670. The maximum Gasteiger partial charge on any atom is 0.317 e. The fourth-order valence-electron chi connectivity index (χ4n) is 0.219. The number of hydrogen-bond acceptors (Lipinski definition) is 1. The van der Waals surface area contributed by atoms with Crippen LogP contribution in [0.25, 0.3) is 0 Å². The maximum absolute atomic E-state index is 11.3. The molecule has 0 aromatic heterocycles. The van der Waals surface area contributed by atoms with E-state index in [9.17, 15) is 9.18 Å². The van der Waals surface area contributed by atoms with Gasteiger partial charge in [-0.15, -0.1) is 0 Å². The van der Waals surface area contributed by atoms with Crippen LogP contribution in [0.2, 0.25) is 0 Å². The van der Waals surface area contributed by atoms with Crippen molar-refractivity contribution >= 4 is 21.9 Å². The highest BCUT2D eigenvalue weighted by molar-refractivity contribution is 9.10. The van der Waals surface area contributed by atoms with Gasteiger partial charge in [-0.1, -0.05) is 15.9 Å². The molecule has 0 bridgehead atoms. The first-order valence-corrected chi connectivity index (χ1v) is 3.03. The summed E-state index contributed by atoms with van der Waals surface area (Å²) >= 11 is 2.76. The summed E-state index contributed by atoms with van der Waals surface area (Å²) in [5, 5.41) is 8.10. The van der Waals surface area contributed by atoms with E-state index in [1.165, 1.54) is 0 Å². The minimum Gasteiger partial charge on any atom is -0.480 e. The monoisotopic (exact) mass is 184 g/mol. The highest BCUT2D eigenvalue weighted by Gasteiger charge is 2.10. The van der Waals surface area contributed by atoms with Gasteiger partial charge in [0, 0.05) is 0 Å². The van der Waals surface area contributed by atoms with Gasteiger partial charge in [0.1, 0.15) is 4.83 Å². The van der Waals surface area contributed by atoms with Crippen molar-refractivity contribution in [3.63, 3.8) is 0 Å².